The first-order valence-electron chi connectivity index (χ1n) is 6.20. The van der Waals surface area contributed by atoms with Crippen LogP contribution in [-0.4, -0.2) is 47.8 Å². The number of piperazine rings is 1. The fourth-order valence-corrected chi connectivity index (χ4v) is 2.43. The zero-order valence-corrected chi connectivity index (χ0v) is 10.7. The van der Waals surface area contributed by atoms with Gasteiger partial charge in [-0.2, -0.15) is 5.26 Å². The van der Waals surface area contributed by atoms with Crippen molar-refractivity contribution in [1.29, 1.82) is 5.26 Å². The van der Waals surface area contributed by atoms with E-state index in [2.05, 4.69) is 10.6 Å². The average molecular weight is 277 g/mol. The van der Waals surface area contributed by atoms with Crippen LogP contribution < -0.4 is 10.6 Å². The van der Waals surface area contributed by atoms with Crippen LogP contribution in [0.25, 0.3) is 0 Å². The second-order valence-corrected chi connectivity index (χ2v) is 4.90. The van der Waals surface area contributed by atoms with Crippen molar-refractivity contribution in [3.8, 4) is 6.07 Å². The summed E-state index contributed by atoms with van der Waals surface area (Å²) in [5, 5.41) is 33.9. The lowest BCUT2D eigenvalue weighted by Crippen LogP contribution is -2.58. The van der Waals surface area contributed by atoms with Crippen molar-refractivity contribution in [2.24, 2.45) is 10.8 Å². The van der Waals surface area contributed by atoms with Crippen molar-refractivity contribution in [1.82, 2.24) is 10.6 Å². The van der Waals surface area contributed by atoms with E-state index in [1.54, 1.807) is 6.07 Å². The van der Waals surface area contributed by atoms with Crippen molar-refractivity contribution >= 4 is 11.9 Å². The van der Waals surface area contributed by atoms with E-state index in [1.165, 1.54) is 12.2 Å². The van der Waals surface area contributed by atoms with Crippen LogP contribution in [0.2, 0.25) is 0 Å². The molecule has 20 heavy (non-hydrogen) atoms. The molecule has 0 aromatic heterocycles. The minimum Gasteiger partial charge on any atom is -0.480 e. The molecule has 106 valence electrons. The Hall–Kier alpha value is -2.17. The number of nitrogens with zero attached hydrogens (tertiary/aromatic N) is 1. The Kier molecular flexibility index (Phi) is 3.61. The molecule has 1 heterocycles. The standard InChI is InChI=1S/C13H15N3O4/c14-8-12(10(17)18)1-3-13(4-2-12,11(19)20)9-7-15-5-6-16-9/h1-4,9,15-16H,5-7H2,(H,17,18)(H,19,20). The minimum absolute atomic E-state index is 0.397. The number of hydrogen-bond acceptors (Lipinski definition) is 5. The lowest BCUT2D eigenvalue weighted by molar-refractivity contribution is -0.146. The summed E-state index contributed by atoms with van der Waals surface area (Å²) >= 11 is 0. The highest BCUT2D eigenvalue weighted by molar-refractivity contribution is 5.87. The first-order chi connectivity index (χ1) is 9.47. The van der Waals surface area contributed by atoms with Crippen molar-refractivity contribution in [2.75, 3.05) is 19.6 Å². The summed E-state index contributed by atoms with van der Waals surface area (Å²) in [5.74, 6) is -2.40. The molecule has 7 nitrogen and oxygen atoms in total. The number of carboxylic acids is 2. The van der Waals surface area contributed by atoms with Crippen LogP contribution in [0.1, 0.15) is 0 Å². The lowest BCUT2D eigenvalue weighted by Gasteiger charge is -2.38. The van der Waals surface area contributed by atoms with Crippen LogP contribution in [-0.2, 0) is 9.59 Å². The molecule has 1 unspecified atom stereocenters. The predicted octanol–water partition coefficient (Wildman–Crippen LogP) is -0.661. The molecule has 1 saturated heterocycles. The van der Waals surface area contributed by atoms with Crippen molar-refractivity contribution in [3.63, 3.8) is 0 Å². The topological polar surface area (TPSA) is 122 Å². The van der Waals surface area contributed by atoms with Gasteiger partial charge >= 0.3 is 11.9 Å². The first-order valence-corrected chi connectivity index (χ1v) is 6.20. The summed E-state index contributed by atoms with van der Waals surface area (Å²) in [6.07, 6.45) is 4.91. The number of rotatable bonds is 3. The normalized spacial score (nSPS) is 36.2. The highest BCUT2D eigenvalue weighted by atomic mass is 16.4. The van der Waals surface area contributed by atoms with Crippen LogP contribution in [0.15, 0.2) is 24.3 Å². The fraction of sp³-hybridized carbons (Fsp3) is 0.462. The van der Waals surface area contributed by atoms with Gasteiger partial charge in [0.2, 0.25) is 0 Å². The molecular weight excluding hydrogens is 262 g/mol. The molecule has 0 spiro atoms. The quantitative estimate of drug-likeness (QED) is 0.505. The zero-order chi connectivity index (χ0) is 14.8. The van der Waals surface area contributed by atoms with Gasteiger partial charge in [-0.1, -0.05) is 24.3 Å². The highest BCUT2D eigenvalue weighted by Crippen LogP contribution is 2.37. The van der Waals surface area contributed by atoms with Crippen molar-refractivity contribution in [2.45, 2.75) is 6.04 Å². The summed E-state index contributed by atoms with van der Waals surface area (Å²) in [6.45, 7) is 1.83. The average Bonchev–Trinajstić information content (AvgIpc) is 2.47. The molecule has 4 N–H and O–H groups in total. The molecule has 1 atom stereocenters. The lowest BCUT2D eigenvalue weighted by atomic mass is 9.71. The van der Waals surface area contributed by atoms with Gasteiger partial charge in [0.05, 0.1) is 6.07 Å². The maximum atomic E-state index is 11.6. The predicted molar refractivity (Wildman–Crippen MR) is 68.7 cm³/mol. The van der Waals surface area contributed by atoms with Gasteiger partial charge in [0.1, 0.15) is 5.41 Å². The van der Waals surface area contributed by atoms with Crippen LogP contribution in [0.3, 0.4) is 0 Å². The second kappa shape index (κ2) is 5.07. The Labute approximate surface area is 115 Å². The van der Waals surface area contributed by atoms with Crippen LogP contribution in [0, 0.1) is 22.2 Å². The molecular formula is C13H15N3O4. The molecule has 0 radical (unpaired) electrons. The van der Waals surface area contributed by atoms with E-state index in [0.29, 0.717) is 13.1 Å². The van der Waals surface area contributed by atoms with Gasteiger partial charge in [0.25, 0.3) is 0 Å². The number of hydrogen-bond donors (Lipinski definition) is 4. The molecule has 0 aromatic rings. The van der Waals surface area contributed by atoms with Gasteiger partial charge in [-0.25, -0.2) is 4.79 Å². The Morgan fingerprint density at radius 1 is 1.15 bits per heavy atom. The molecule has 2 rings (SSSR count). The van der Waals surface area contributed by atoms with E-state index < -0.39 is 28.8 Å². The number of carbonyl (C=O) groups is 2. The molecule has 0 aromatic carbocycles. The molecule has 2 aliphatic rings. The van der Waals surface area contributed by atoms with Gasteiger partial charge in [-0.15, -0.1) is 0 Å². The number of nitrogens with one attached hydrogen (secondary N) is 2. The SMILES string of the molecule is N#CC1(C(=O)O)C=CC(C(=O)O)(C2CNCCN2)C=C1. The third-order valence-corrected chi connectivity index (χ3v) is 3.77. The Bertz CT molecular complexity index is 512. The largest absolute Gasteiger partial charge is 0.480 e. The van der Waals surface area contributed by atoms with Gasteiger partial charge in [0.15, 0.2) is 5.41 Å². The van der Waals surface area contributed by atoms with Gasteiger partial charge < -0.3 is 20.8 Å². The van der Waals surface area contributed by atoms with Crippen molar-refractivity contribution < 1.29 is 19.8 Å². The van der Waals surface area contributed by atoms with E-state index >= 15 is 0 Å². The summed E-state index contributed by atoms with van der Waals surface area (Å²) in [6, 6.07) is 1.30. The first kappa shape index (κ1) is 14.2. The second-order valence-electron chi connectivity index (χ2n) is 4.90. The van der Waals surface area contributed by atoms with Gasteiger partial charge in [-0.3, -0.25) is 4.79 Å². The smallest absolute Gasteiger partial charge is 0.332 e. The molecule has 0 bridgehead atoms. The number of nitriles is 1. The Morgan fingerprint density at radius 2 is 1.80 bits per heavy atom. The van der Waals surface area contributed by atoms with Crippen LogP contribution >= 0.6 is 0 Å². The molecule has 1 aliphatic heterocycles. The Morgan fingerprint density at radius 3 is 2.20 bits per heavy atom. The monoisotopic (exact) mass is 277 g/mol. The molecule has 0 saturated carbocycles. The minimum atomic E-state index is -1.79. The highest BCUT2D eigenvalue weighted by Gasteiger charge is 2.47. The summed E-state index contributed by atoms with van der Waals surface area (Å²) in [5.41, 5.74) is -3.13. The fourth-order valence-electron chi connectivity index (χ4n) is 2.43. The molecule has 0 amide bonds. The van der Waals surface area contributed by atoms with E-state index in [1.807, 2.05) is 0 Å². The maximum Gasteiger partial charge on any atom is 0.332 e. The molecule has 1 fully saturated rings. The van der Waals surface area contributed by atoms with Crippen molar-refractivity contribution in [3.05, 3.63) is 24.3 Å². The van der Waals surface area contributed by atoms with Gasteiger partial charge in [-0.05, 0) is 0 Å². The van der Waals surface area contributed by atoms with Crippen LogP contribution in [0.5, 0.6) is 0 Å². The van der Waals surface area contributed by atoms with Gasteiger partial charge in [0, 0.05) is 25.7 Å². The third kappa shape index (κ3) is 2.09. The number of aliphatic carboxylic acids is 2. The summed E-state index contributed by atoms with van der Waals surface area (Å²) in [4.78, 5) is 22.8. The maximum absolute atomic E-state index is 11.6. The summed E-state index contributed by atoms with van der Waals surface area (Å²) < 4.78 is 0. The van der Waals surface area contributed by atoms with Crippen LogP contribution in [0.4, 0.5) is 0 Å². The zero-order valence-electron chi connectivity index (χ0n) is 10.7. The number of carboxylic acid groups (broad SMARTS) is 2. The van der Waals surface area contributed by atoms with E-state index in [0.717, 1.165) is 18.7 Å². The van der Waals surface area contributed by atoms with E-state index in [-0.39, 0.29) is 0 Å². The van der Waals surface area contributed by atoms with E-state index in [4.69, 9.17) is 10.4 Å². The molecule has 7 heteroatoms. The Balaban J connectivity index is 2.37. The molecule has 1 aliphatic carbocycles. The van der Waals surface area contributed by atoms with E-state index in [9.17, 15) is 14.7 Å². The summed E-state index contributed by atoms with van der Waals surface area (Å²) in [7, 11) is 0. The third-order valence-electron chi connectivity index (χ3n) is 3.77.